The molecule has 0 unspecified atom stereocenters. The van der Waals surface area contributed by atoms with Gasteiger partial charge in [-0.1, -0.05) is 13.8 Å². The van der Waals surface area contributed by atoms with E-state index in [2.05, 4.69) is 13.8 Å². The number of Topliss-reactive ketones (excluding diaryl/α,β-unsaturated/α-hetero) is 1. The van der Waals surface area contributed by atoms with E-state index in [1.807, 2.05) is 6.92 Å². The number of hydrogen-bond donors (Lipinski definition) is 1. The molecule has 0 aromatic heterocycles. The van der Waals surface area contributed by atoms with Gasteiger partial charge in [0.1, 0.15) is 5.78 Å². The fraction of sp³-hybridized carbons (Fsp3) is 0.958. The molecule has 160 valence electrons. The van der Waals surface area contributed by atoms with Crippen molar-refractivity contribution in [3.05, 3.63) is 0 Å². The molecule has 0 radical (unpaired) electrons. The Balaban J connectivity index is 1.54. The van der Waals surface area contributed by atoms with Crippen LogP contribution >= 0.6 is 0 Å². The SMILES string of the molecule is COCCO[C@H]1C[C@@]2(C)[C@@H](CC[C@@H]3[C@@H]2CC[C@]2(C)[C@@H](C(C)=O)CC[C@@H]32)C[C@@H]1O. The number of aliphatic hydroxyl groups excluding tert-OH is 1. The van der Waals surface area contributed by atoms with Crippen molar-refractivity contribution in [2.45, 2.75) is 84.3 Å². The first-order valence-electron chi connectivity index (χ1n) is 11.6. The van der Waals surface area contributed by atoms with E-state index in [4.69, 9.17) is 9.47 Å². The summed E-state index contributed by atoms with van der Waals surface area (Å²) in [5, 5.41) is 10.7. The number of ether oxygens (including phenoxy) is 2. The molecule has 0 bridgehead atoms. The van der Waals surface area contributed by atoms with Crippen LogP contribution in [0, 0.1) is 40.4 Å². The highest BCUT2D eigenvalue weighted by Gasteiger charge is 2.61. The third-order valence-electron chi connectivity index (χ3n) is 9.77. The lowest BCUT2D eigenvalue weighted by molar-refractivity contribution is -0.174. The second-order valence-corrected chi connectivity index (χ2v) is 10.9. The minimum atomic E-state index is -0.339. The highest BCUT2D eigenvalue weighted by atomic mass is 16.5. The van der Waals surface area contributed by atoms with Gasteiger partial charge < -0.3 is 14.6 Å². The van der Waals surface area contributed by atoms with Gasteiger partial charge in [-0.2, -0.15) is 0 Å². The summed E-state index contributed by atoms with van der Waals surface area (Å²) in [5.74, 6) is 3.48. The van der Waals surface area contributed by atoms with E-state index in [1.54, 1.807) is 7.11 Å². The first kappa shape index (κ1) is 20.8. The van der Waals surface area contributed by atoms with Crippen LogP contribution in [0.15, 0.2) is 0 Å². The number of ketones is 1. The zero-order valence-electron chi connectivity index (χ0n) is 18.3. The Morgan fingerprint density at radius 3 is 2.50 bits per heavy atom. The molecule has 4 fully saturated rings. The van der Waals surface area contributed by atoms with Crippen LogP contribution in [-0.4, -0.2) is 43.4 Å². The maximum absolute atomic E-state index is 12.3. The zero-order chi connectivity index (χ0) is 20.1. The van der Waals surface area contributed by atoms with Crippen LogP contribution in [0.1, 0.15) is 72.1 Å². The van der Waals surface area contributed by atoms with Crippen LogP contribution in [0.5, 0.6) is 0 Å². The summed E-state index contributed by atoms with van der Waals surface area (Å²) in [6, 6.07) is 0. The van der Waals surface area contributed by atoms with Gasteiger partial charge in [-0.3, -0.25) is 4.79 Å². The van der Waals surface area contributed by atoms with Crippen LogP contribution in [0.25, 0.3) is 0 Å². The third kappa shape index (κ3) is 3.18. The predicted octanol–water partition coefficient (Wildman–Crippen LogP) is 4.24. The van der Waals surface area contributed by atoms with E-state index in [9.17, 15) is 9.90 Å². The minimum absolute atomic E-state index is 0.0583. The Labute approximate surface area is 170 Å². The molecule has 4 nitrogen and oxygen atoms in total. The lowest BCUT2D eigenvalue weighted by Crippen LogP contribution is -2.57. The van der Waals surface area contributed by atoms with Gasteiger partial charge >= 0.3 is 0 Å². The fourth-order valence-corrected chi connectivity index (χ4v) is 8.37. The molecule has 4 rings (SSSR count). The molecule has 0 saturated heterocycles. The van der Waals surface area contributed by atoms with Crippen molar-refractivity contribution in [3.8, 4) is 0 Å². The standard InChI is InChI=1S/C24H40O4/c1-15(25)18-7-8-19-17-6-5-16-13-21(26)22(28-12-11-27-4)14-24(16,3)20(17)9-10-23(18,19)2/h16-22,26H,5-14H2,1-4H3/t16-,17-,18+,19-,20-,21-,22-,23+,24-/m0/s1. The average molecular weight is 393 g/mol. The molecule has 0 aromatic rings. The Hall–Kier alpha value is -0.450. The predicted molar refractivity (Wildman–Crippen MR) is 109 cm³/mol. The molecular weight excluding hydrogens is 352 g/mol. The molecule has 28 heavy (non-hydrogen) atoms. The summed E-state index contributed by atoms with van der Waals surface area (Å²) in [7, 11) is 1.69. The molecule has 0 amide bonds. The lowest BCUT2D eigenvalue weighted by Gasteiger charge is -2.61. The summed E-state index contributed by atoms with van der Waals surface area (Å²) in [4.78, 5) is 12.3. The molecule has 4 aliphatic rings. The Kier molecular flexibility index (Phi) is 5.70. The lowest BCUT2D eigenvalue weighted by atomic mass is 9.44. The summed E-state index contributed by atoms with van der Waals surface area (Å²) in [5.41, 5.74) is 0.480. The van der Waals surface area contributed by atoms with Gasteiger partial charge in [-0.05, 0) is 92.8 Å². The maximum atomic E-state index is 12.3. The third-order valence-corrected chi connectivity index (χ3v) is 9.77. The largest absolute Gasteiger partial charge is 0.390 e. The summed E-state index contributed by atoms with van der Waals surface area (Å²) in [6.07, 6.45) is 8.76. The molecular formula is C24H40O4. The second-order valence-electron chi connectivity index (χ2n) is 10.9. The number of carbonyl (C=O) groups is 1. The van der Waals surface area contributed by atoms with Crippen molar-refractivity contribution in [1.82, 2.24) is 0 Å². The number of fused-ring (bicyclic) bond motifs is 5. The number of methoxy groups -OCH3 is 1. The highest BCUT2D eigenvalue weighted by Crippen LogP contribution is 2.67. The minimum Gasteiger partial charge on any atom is -0.390 e. The molecule has 1 N–H and O–H groups in total. The summed E-state index contributed by atoms with van der Waals surface area (Å²) in [6.45, 7) is 7.87. The van der Waals surface area contributed by atoms with Crippen LogP contribution in [-0.2, 0) is 14.3 Å². The van der Waals surface area contributed by atoms with Gasteiger partial charge in [-0.25, -0.2) is 0 Å². The van der Waals surface area contributed by atoms with E-state index in [0.717, 1.165) is 31.1 Å². The van der Waals surface area contributed by atoms with Crippen molar-refractivity contribution in [1.29, 1.82) is 0 Å². The van der Waals surface area contributed by atoms with Crippen LogP contribution in [0.3, 0.4) is 0 Å². The van der Waals surface area contributed by atoms with Crippen molar-refractivity contribution in [3.63, 3.8) is 0 Å². The van der Waals surface area contributed by atoms with Gasteiger partial charge in [0.15, 0.2) is 0 Å². The van der Waals surface area contributed by atoms with Gasteiger partial charge in [0, 0.05) is 13.0 Å². The number of carbonyl (C=O) groups excluding carboxylic acids is 1. The molecule has 0 aliphatic heterocycles. The number of hydrogen-bond acceptors (Lipinski definition) is 4. The molecule has 0 heterocycles. The summed E-state index contributed by atoms with van der Waals surface area (Å²) < 4.78 is 11.2. The smallest absolute Gasteiger partial charge is 0.133 e. The molecule has 0 spiro atoms. The fourth-order valence-electron chi connectivity index (χ4n) is 8.37. The van der Waals surface area contributed by atoms with Gasteiger partial charge in [-0.15, -0.1) is 0 Å². The second kappa shape index (κ2) is 7.67. The topological polar surface area (TPSA) is 55.8 Å². The van der Waals surface area contributed by atoms with Gasteiger partial charge in [0.05, 0.1) is 25.4 Å². The average Bonchev–Trinajstić information content (AvgIpc) is 3.00. The Bertz CT molecular complexity index is 591. The Morgan fingerprint density at radius 1 is 1.04 bits per heavy atom. The van der Waals surface area contributed by atoms with Crippen molar-refractivity contribution in [2.75, 3.05) is 20.3 Å². The van der Waals surface area contributed by atoms with Crippen molar-refractivity contribution >= 4 is 5.78 Å². The summed E-state index contributed by atoms with van der Waals surface area (Å²) >= 11 is 0. The number of aliphatic hydroxyl groups is 1. The normalized spacial score (nSPS) is 50.5. The van der Waals surface area contributed by atoms with Crippen LogP contribution in [0.2, 0.25) is 0 Å². The quantitative estimate of drug-likeness (QED) is 0.711. The van der Waals surface area contributed by atoms with E-state index in [-0.39, 0.29) is 29.0 Å². The number of rotatable bonds is 5. The first-order chi connectivity index (χ1) is 13.3. The highest BCUT2D eigenvalue weighted by molar-refractivity contribution is 5.79. The van der Waals surface area contributed by atoms with E-state index in [0.29, 0.717) is 30.8 Å². The Morgan fingerprint density at radius 2 is 1.79 bits per heavy atom. The van der Waals surface area contributed by atoms with Crippen molar-refractivity contribution in [2.24, 2.45) is 40.4 Å². The van der Waals surface area contributed by atoms with E-state index in [1.165, 1.54) is 32.1 Å². The first-order valence-corrected chi connectivity index (χ1v) is 11.6. The maximum Gasteiger partial charge on any atom is 0.133 e. The molecule has 4 heteroatoms. The van der Waals surface area contributed by atoms with E-state index < -0.39 is 0 Å². The molecule has 0 aromatic carbocycles. The molecule has 4 saturated carbocycles. The molecule has 4 aliphatic carbocycles. The van der Waals surface area contributed by atoms with Crippen molar-refractivity contribution < 1.29 is 19.4 Å². The molecule has 9 atom stereocenters. The monoisotopic (exact) mass is 392 g/mol. The van der Waals surface area contributed by atoms with E-state index >= 15 is 0 Å². The van der Waals surface area contributed by atoms with Gasteiger partial charge in [0.25, 0.3) is 0 Å². The van der Waals surface area contributed by atoms with Crippen LogP contribution in [0.4, 0.5) is 0 Å². The van der Waals surface area contributed by atoms with Crippen LogP contribution < -0.4 is 0 Å². The van der Waals surface area contributed by atoms with Gasteiger partial charge in [0.2, 0.25) is 0 Å². The zero-order valence-corrected chi connectivity index (χ0v) is 18.3.